The van der Waals surface area contributed by atoms with Crippen LogP contribution in [0, 0.1) is 13.8 Å². The van der Waals surface area contributed by atoms with E-state index >= 15 is 0 Å². The highest BCUT2D eigenvalue weighted by atomic mass is 16.6. The van der Waals surface area contributed by atoms with Gasteiger partial charge in [-0.25, -0.2) is 29.9 Å². The summed E-state index contributed by atoms with van der Waals surface area (Å²) >= 11 is 0. The summed E-state index contributed by atoms with van der Waals surface area (Å²) in [5.74, 6) is 4.75. The number of nitrogen functional groups attached to an aromatic ring is 3. The summed E-state index contributed by atoms with van der Waals surface area (Å²) in [6, 6.07) is 35.3. The van der Waals surface area contributed by atoms with Crippen LogP contribution in [0.3, 0.4) is 0 Å². The van der Waals surface area contributed by atoms with Crippen LogP contribution in [0.15, 0.2) is 150 Å². The molecule has 0 radical (unpaired) electrons. The Morgan fingerprint density at radius 2 is 1.03 bits per heavy atom. The quantitative estimate of drug-likeness (QED) is 0.0365. The summed E-state index contributed by atoms with van der Waals surface area (Å²) in [4.78, 5) is 42.9. The highest BCUT2D eigenvalue weighted by Crippen LogP contribution is 2.30. The van der Waals surface area contributed by atoms with E-state index in [9.17, 15) is 0 Å². The molecule has 386 valence electrons. The molecular formula is C54H60N16O5. The van der Waals surface area contributed by atoms with Gasteiger partial charge in [0.15, 0.2) is 0 Å². The molecule has 0 aliphatic rings. The molecule has 8 aromatic rings. The number of hydrogen-bond acceptors (Lipinski definition) is 21. The molecule has 0 aliphatic heterocycles. The van der Waals surface area contributed by atoms with Crippen LogP contribution in [-0.4, -0.2) is 74.9 Å². The fraction of sp³-hybridized carbons (Fsp3) is 0.185. The third-order valence-electron chi connectivity index (χ3n) is 10.5. The minimum atomic E-state index is 0.119. The SMILES string of the molecule is CO/N=C/c1c(N)ncnc1Nc1ccc(C(C)(C)C)cc1.CO/N=C/c1c(N)ncnc1Nc1ccc(Oc2ccc(C)nc2)c(C)c1.CO/N=C/c1c(N)ncnc1Nc1cccc(OCc2ccccc2)c1. The van der Waals surface area contributed by atoms with Gasteiger partial charge in [0.05, 0.1) is 41.5 Å². The molecule has 0 amide bonds. The van der Waals surface area contributed by atoms with Gasteiger partial charge < -0.3 is 57.1 Å². The highest BCUT2D eigenvalue weighted by molar-refractivity contribution is 5.94. The number of benzene rings is 4. The van der Waals surface area contributed by atoms with Gasteiger partial charge in [0.2, 0.25) is 0 Å². The van der Waals surface area contributed by atoms with Gasteiger partial charge >= 0.3 is 0 Å². The first-order valence-corrected chi connectivity index (χ1v) is 23.1. The zero-order chi connectivity index (χ0) is 53.6. The highest BCUT2D eigenvalue weighted by Gasteiger charge is 2.15. The van der Waals surface area contributed by atoms with E-state index in [4.69, 9.17) is 36.3 Å². The lowest BCUT2D eigenvalue weighted by Crippen LogP contribution is -2.10. The first kappa shape index (κ1) is 54.4. The third kappa shape index (κ3) is 16.6. The maximum atomic E-state index is 5.90. The van der Waals surface area contributed by atoms with Crippen molar-refractivity contribution in [3.63, 3.8) is 0 Å². The van der Waals surface area contributed by atoms with Crippen molar-refractivity contribution in [3.8, 4) is 17.2 Å². The number of nitrogens with two attached hydrogens (primary N) is 3. The van der Waals surface area contributed by atoms with Crippen molar-refractivity contribution in [2.24, 2.45) is 15.5 Å². The Balaban J connectivity index is 0.000000184. The molecule has 0 bridgehead atoms. The molecule has 4 aromatic carbocycles. The fourth-order valence-electron chi connectivity index (χ4n) is 6.58. The van der Waals surface area contributed by atoms with Crippen LogP contribution in [-0.2, 0) is 26.5 Å². The summed E-state index contributed by atoms with van der Waals surface area (Å²) in [5, 5.41) is 20.8. The first-order chi connectivity index (χ1) is 36.2. The van der Waals surface area contributed by atoms with Crippen molar-refractivity contribution in [1.29, 1.82) is 0 Å². The lowest BCUT2D eigenvalue weighted by molar-refractivity contribution is 0.215. The minimum absolute atomic E-state index is 0.119. The Labute approximate surface area is 435 Å². The topological polar surface area (TPSA) is 288 Å². The summed E-state index contributed by atoms with van der Waals surface area (Å²) in [6.45, 7) is 10.9. The molecule has 0 saturated heterocycles. The van der Waals surface area contributed by atoms with Crippen molar-refractivity contribution in [2.45, 2.75) is 46.6 Å². The van der Waals surface area contributed by atoms with Crippen LogP contribution in [0.25, 0.3) is 0 Å². The van der Waals surface area contributed by atoms with E-state index in [2.05, 4.69) is 104 Å². The standard InChI is InChI=1S/C19H20N6O2.C19H19N5O2.C16H21N5O/c1-12-8-14(5-7-17(12)27-15-6-4-13(2)21-9-15)25-19-16(10-24-26-3)18(20)22-11-23-19;1-25-23-11-17-18(20)21-13-22-19(17)24-15-8-5-9-16(10-15)26-12-14-6-3-2-4-7-14;1-16(2,3)11-5-7-12(8-6-11)21-15-13(9-20-22-4)14(17)18-10-19-15/h4-11H,1-3H3,(H3,20,22,23,25);2-11,13H,12H2,1H3,(H3,20,21,22,24);5-10H,1-4H3,(H3,17,18,19,21)/b24-10+;23-11+;20-9+. The molecule has 0 fully saturated rings. The van der Waals surface area contributed by atoms with Crippen LogP contribution in [0.4, 0.5) is 52.0 Å². The van der Waals surface area contributed by atoms with Gasteiger partial charge in [-0.2, -0.15) is 0 Å². The second-order valence-corrected chi connectivity index (χ2v) is 17.0. The predicted octanol–water partition coefficient (Wildman–Crippen LogP) is 10.0. The second kappa shape index (κ2) is 27.1. The average Bonchev–Trinajstić information content (AvgIpc) is 3.40. The van der Waals surface area contributed by atoms with Gasteiger partial charge in [-0.1, -0.05) is 84.8 Å². The van der Waals surface area contributed by atoms with Gasteiger partial charge in [-0.05, 0) is 90.6 Å². The average molecular weight is 1010 g/mol. The zero-order valence-electron chi connectivity index (χ0n) is 42.9. The van der Waals surface area contributed by atoms with Gasteiger partial charge in [-0.15, -0.1) is 0 Å². The molecule has 21 nitrogen and oxygen atoms in total. The summed E-state index contributed by atoms with van der Waals surface area (Å²) in [6.07, 6.45) is 10.3. The van der Waals surface area contributed by atoms with Crippen molar-refractivity contribution in [2.75, 3.05) is 54.5 Å². The molecule has 4 aromatic heterocycles. The number of oxime groups is 3. The molecule has 8 rings (SSSR count). The minimum Gasteiger partial charge on any atom is -0.489 e. The van der Waals surface area contributed by atoms with Crippen molar-refractivity contribution in [1.82, 2.24) is 34.9 Å². The van der Waals surface area contributed by atoms with E-state index in [0.717, 1.165) is 45.4 Å². The van der Waals surface area contributed by atoms with E-state index < -0.39 is 0 Å². The number of nitrogens with zero attached hydrogens (tertiary/aromatic N) is 10. The summed E-state index contributed by atoms with van der Waals surface area (Å²) in [5.41, 5.74) is 26.3. The van der Waals surface area contributed by atoms with Gasteiger partial charge in [0.25, 0.3) is 0 Å². The predicted molar refractivity (Wildman–Crippen MR) is 296 cm³/mol. The molecule has 21 heteroatoms. The number of nitrogens with one attached hydrogen (secondary N) is 3. The Morgan fingerprint density at radius 3 is 1.51 bits per heavy atom. The van der Waals surface area contributed by atoms with Crippen LogP contribution in [0.2, 0.25) is 0 Å². The molecular weight excluding hydrogens is 953 g/mol. The number of aryl methyl sites for hydroxylation is 2. The largest absolute Gasteiger partial charge is 0.489 e. The van der Waals surface area contributed by atoms with Crippen molar-refractivity contribution < 1.29 is 24.0 Å². The van der Waals surface area contributed by atoms with E-state index in [1.54, 1.807) is 6.20 Å². The lowest BCUT2D eigenvalue weighted by atomic mass is 9.87. The van der Waals surface area contributed by atoms with Crippen molar-refractivity contribution >= 4 is 70.6 Å². The number of rotatable bonds is 17. The van der Waals surface area contributed by atoms with E-state index in [-0.39, 0.29) is 5.41 Å². The zero-order valence-corrected chi connectivity index (χ0v) is 42.9. The third-order valence-corrected chi connectivity index (χ3v) is 10.5. The Bertz CT molecular complexity index is 3170. The summed E-state index contributed by atoms with van der Waals surface area (Å²) in [7, 11) is 4.38. The second-order valence-electron chi connectivity index (χ2n) is 17.0. The number of aromatic nitrogens is 7. The number of hydrogen-bond donors (Lipinski definition) is 6. The molecule has 0 unspecified atom stereocenters. The van der Waals surface area contributed by atoms with Crippen molar-refractivity contribution in [3.05, 3.63) is 173 Å². The molecule has 4 heterocycles. The Hall–Kier alpha value is -9.92. The van der Waals surface area contributed by atoms with Crippen LogP contribution < -0.4 is 42.6 Å². The monoisotopic (exact) mass is 1010 g/mol. The van der Waals surface area contributed by atoms with Crippen LogP contribution in [0.1, 0.15) is 59.8 Å². The number of anilines is 9. The molecule has 75 heavy (non-hydrogen) atoms. The normalized spacial score (nSPS) is 11.0. The van der Waals surface area contributed by atoms with E-state index in [0.29, 0.717) is 64.0 Å². The first-order valence-electron chi connectivity index (χ1n) is 23.1. The van der Waals surface area contributed by atoms with Crippen LogP contribution >= 0.6 is 0 Å². The molecule has 9 N–H and O–H groups in total. The Morgan fingerprint density at radius 1 is 0.520 bits per heavy atom. The fourth-order valence-corrected chi connectivity index (χ4v) is 6.58. The maximum Gasteiger partial charge on any atom is 0.145 e. The number of pyridine rings is 1. The van der Waals surface area contributed by atoms with E-state index in [1.807, 2.05) is 111 Å². The molecule has 0 atom stereocenters. The molecule has 0 spiro atoms. The molecule has 0 saturated carbocycles. The van der Waals surface area contributed by atoms with Gasteiger partial charge in [-0.3, -0.25) is 4.98 Å². The smallest absolute Gasteiger partial charge is 0.145 e. The van der Waals surface area contributed by atoms with E-state index in [1.165, 1.54) is 64.5 Å². The lowest BCUT2D eigenvalue weighted by Gasteiger charge is -2.19. The maximum absolute atomic E-state index is 5.90. The Kier molecular flexibility index (Phi) is 19.6. The number of ether oxygens (including phenoxy) is 2. The van der Waals surface area contributed by atoms with Crippen LogP contribution in [0.5, 0.6) is 17.2 Å². The van der Waals surface area contributed by atoms with Gasteiger partial charge in [0, 0.05) is 28.8 Å². The summed E-state index contributed by atoms with van der Waals surface area (Å²) < 4.78 is 11.7. The van der Waals surface area contributed by atoms with Gasteiger partial charge in [0.1, 0.15) is 99.1 Å². The molecule has 0 aliphatic carbocycles.